The van der Waals surface area contributed by atoms with Crippen LogP contribution in [-0.2, 0) is 0 Å². The summed E-state index contributed by atoms with van der Waals surface area (Å²) in [6.45, 7) is 4.04. The molecule has 0 amide bonds. The van der Waals surface area contributed by atoms with Gasteiger partial charge in [-0.2, -0.15) is 0 Å². The van der Waals surface area contributed by atoms with Crippen molar-refractivity contribution < 1.29 is 9.13 Å². The molecular weight excluding hydrogens is 301 g/mol. The molecule has 2 nitrogen and oxygen atoms in total. The van der Waals surface area contributed by atoms with E-state index >= 15 is 0 Å². The monoisotopic (exact) mass is 327 g/mol. The molecule has 1 aliphatic rings. The molecule has 1 heterocycles. The molecule has 1 aliphatic heterocycles. The van der Waals surface area contributed by atoms with Crippen LogP contribution in [0.1, 0.15) is 50.6 Å². The predicted octanol–water partition coefficient (Wildman–Crippen LogP) is 5.49. The van der Waals surface area contributed by atoms with Gasteiger partial charge in [0, 0.05) is 11.6 Å². The minimum absolute atomic E-state index is 0.207. The Balaban J connectivity index is 1.79. The molecule has 3 rings (SSSR count). The Hall–Kier alpha value is -1.87. The number of ether oxygens (including phenoxy) is 1. The number of rotatable bonds is 6. The maximum Gasteiger partial charge on any atom is 0.124 e. The van der Waals surface area contributed by atoms with Crippen molar-refractivity contribution in [2.75, 3.05) is 13.2 Å². The van der Waals surface area contributed by atoms with Crippen molar-refractivity contribution in [1.82, 2.24) is 5.32 Å². The fourth-order valence-electron chi connectivity index (χ4n) is 3.26. The molecule has 0 bridgehead atoms. The second-order valence-electron chi connectivity index (χ2n) is 6.46. The van der Waals surface area contributed by atoms with E-state index in [-0.39, 0.29) is 5.82 Å². The van der Waals surface area contributed by atoms with Gasteiger partial charge in [-0.25, -0.2) is 4.39 Å². The first kappa shape index (κ1) is 17.0. The zero-order chi connectivity index (χ0) is 16.8. The second kappa shape index (κ2) is 8.29. The Morgan fingerprint density at radius 1 is 1.08 bits per heavy atom. The third kappa shape index (κ3) is 4.15. The predicted molar refractivity (Wildman–Crippen MR) is 96.8 cm³/mol. The molecule has 1 N–H and O–H groups in total. The summed E-state index contributed by atoms with van der Waals surface area (Å²) >= 11 is 0. The van der Waals surface area contributed by atoms with Crippen LogP contribution in [0.3, 0.4) is 0 Å². The molecule has 24 heavy (non-hydrogen) atoms. The van der Waals surface area contributed by atoms with Gasteiger partial charge in [0.25, 0.3) is 0 Å². The quantitative estimate of drug-likeness (QED) is 0.709. The van der Waals surface area contributed by atoms with E-state index in [1.54, 1.807) is 0 Å². The van der Waals surface area contributed by atoms with Crippen molar-refractivity contribution in [3.63, 3.8) is 0 Å². The van der Waals surface area contributed by atoms with Crippen LogP contribution in [0.2, 0.25) is 0 Å². The molecule has 0 aliphatic carbocycles. The van der Waals surface area contributed by atoms with Crippen LogP contribution in [0.25, 0.3) is 11.1 Å². The largest absolute Gasteiger partial charge is 0.493 e. The fraction of sp³-hybridized carbons (Fsp3) is 0.429. The van der Waals surface area contributed by atoms with Gasteiger partial charge in [-0.1, -0.05) is 44.0 Å². The summed E-state index contributed by atoms with van der Waals surface area (Å²) in [6, 6.07) is 13.4. The molecule has 1 unspecified atom stereocenters. The minimum Gasteiger partial charge on any atom is -0.493 e. The van der Waals surface area contributed by atoms with Gasteiger partial charge in [-0.05, 0) is 55.1 Å². The minimum atomic E-state index is -0.207. The number of fused-ring (bicyclic) bond motifs is 1. The van der Waals surface area contributed by atoms with E-state index in [9.17, 15) is 4.39 Å². The van der Waals surface area contributed by atoms with E-state index in [2.05, 4.69) is 30.4 Å². The van der Waals surface area contributed by atoms with Gasteiger partial charge in [0.1, 0.15) is 11.6 Å². The molecular formula is C21H26FNO. The number of hydrogen-bond acceptors (Lipinski definition) is 2. The Bertz CT molecular complexity index is 653. The Kier molecular flexibility index (Phi) is 5.86. The highest BCUT2D eigenvalue weighted by atomic mass is 19.1. The summed E-state index contributed by atoms with van der Waals surface area (Å²) in [5, 5.41) is 3.69. The molecule has 2 aromatic rings. The summed E-state index contributed by atoms with van der Waals surface area (Å²) in [7, 11) is 0. The first-order valence-corrected chi connectivity index (χ1v) is 9.04. The van der Waals surface area contributed by atoms with E-state index < -0.39 is 0 Å². The van der Waals surface area contributed by atoms with Gasteiger partial charge >= 0.3 is 0 Å². The molecule has 0 aromatic heterocycles. The van der Waals surface area contributed by atoms with Crippen molar-refractivity contribution in [3.05, 3.63) is 53.8 Å². The van der Waals surface area contributed by atoms with Gasteiger partial charge in [-0.3, -0.25) is 0 Å². The van der Waals surface area contributed by atoms with Gasteiger partial charge < -0.3 is 10.1 Å². The van der Waals surface area contributed by atoms with E-state index in [4.69, 9.17) is 4.74 Å². The molecule has 2 aromatic carbocycles. The lowest BCUT2D eigenvalue weighted by Crippen LogP contribution is -2.22. The molecule has 0 fully saturated rings. The van der Waals surface area contributed by atoms with Crippen molar-refractivity contribution in [2.45, 2.75) is 45.1 Å². The van der Waals surface area contributed by atoms with E-state index in [0.29, 0.717) is 6.04 Å². The average molecular weight is 327 g/mol. The number of unbranched alkanes of at least 4 members (excludes halogenated alkanes) is 2. The van der Waals surface area contributed by atoms with Crippen LogP contribution in [0.4, 0.5) is 4.39 Å². The lowest BCUT2D eigenvalue weighted by atomic mass is 9.97. The number of nitrogens with one attached hydrogen (secondary N) is 1. The van der Waals surface area contributed by atoms with Crippen molar-refractivity contribution in [1.29, 1.82) is 0 Å². The maximum absolute atomic E-state index is 13.1. The Labute approximate surface area is 144 Å². The Morgan fingerprint density at radius 3 is 2.67 bits per heavy atom. The zero-order valence-corrected chi connectivity index (χ0v) is 14.4. The summed E-state index contributed by atoms with van der Waals surface area (Å²) in [6.07, 6.45) is 5.90. The Morgan fingerprint density at radius 2 is 1.88 bits per heavy atom. The lowest BCUT2D eigenvalue weighted by Gasteiger charge is -2.19. The highest BCUT2D eigenvalue weighted by molar-refractivity contribution is 5.66. The van der Waals surface area contributed by atoms with E-state index in [1.165, 1.54) is 37.0 Å². The van der Waals surface area contributed by atoms with Crippen molar-refractivity contribution in [2.24, 2.45) is 0 Å². The summed E-state index contributed by atoms with van der Waals surface area (Å²) < 4.78 is 19.1. The fourth-order valence-corrected chi connectivity index (χ4v) is 3.26. The molecule has 0 radical (unpaired) electrons. The highest BCUT2D eigenvalue weighted by Crippen LogP contribution is 2.35. The number of benzene rings is 2. The highest BCUT2D eigenvalue weighted by Gasteiger charge is 2.19. The molecule has 3 heteroatoms. The molecule has 0 spiro atoms. The SMILES string of the molecule is CCCCCNC1CCCOc2cc(-c3ccc(F)cc3)ccc21. The lowest BCUT2D eigenvalue weighted by molar-refractivity contribution is 0.315. The van der Waals surface area contributed by atoms with Gasteiger partial charge in [0.15, 0.2) is 0 Å². The first-order chi connectivity index (χ1) is 11.8. The standard InChI is InChI=1S/C21H26FNO/c1-2-3-4-13-23-20-6-5-14-24-21-15-17(9-12-19(20)21)16-7-10-18(22)11-8-16/h7-12,15,20,23H,2-6,13-14H2,1H3. The van der Waals surface area contributed by atoms with Gasteiger partial charge in [0.05, 0.1) is 6.61 Å². The summed E-state index contributed by atoms with van der Waals surface area (Å²) in [4.78, 5) is 0. The van der Waals surface area contributed by atoms with E-state index in [0.717, 1.165) is 42.9 Å². The van der Waals surface area contributed by atoms with Crippen molar-refractivity contribution in [3.8, 4) is 16.9 Å². The number of hydrogen-bond donors (Lipinski definition) is 1. The van der Waals surface area contributed by atoms with Crippen LogP contribution in [-0.4, -0.2) is 13.2 Å². The van der Waals surface area contributed by atoms with Crippen LogP contribution >= 0.6 is 0 Å². The van der Waals surface area contributed by atoms with Gasteiger partial charge in [-0.15, -0.1) is 0 Å². The van der Waals surface area contributed by atoms with Crippen LogP contribution in [0.15, 0.2) is 42.5 Å². The topological polar surface area (TPSA) is 21.3 Å². The average Bonchev–Trinajstić information content (AvgIpc) is 2.81. The summed E-state index contributed by atoms with van der Waals surface area (Å²) in [5.74, 6) is 0.753. The third-order valence-electron chi connectivity index (χ3n) is 4.63. The summed E-state index contributed by atoms with van der Waals surface area (Å²) in [5.41, 5.74) is 3.33. The molecule has 128 valence electrons. The molecule has 1 atom stereocenters. The van der Waals surface area contributed by atoms with Crippen LogP contribution in [0.5, 0.6) is 5.75 Å². The smallest absolute Gasteiger partial charge is 0.124 e. The van der Waals surface area contributed by atoms with Crippen LogP contribution < -0.4 is 10.1 Å². The third-order valence-corrected chi connectivity index (χ3v) is 4.63. The first-order valence-electron chi connectivity index (χ1n) is 9.04. The zero-order valence-electron chi connectivity index (χ0n) is 14.4. The van der Waals surface area contributed by atoms with Crippen LogP contribution in [0, 0.1) is 5.82 Å². The maximum atomic E-state index is 13.1. The molecule has 0 saturated heterocycles. The van der Waals surface area contributed by atoms with Crippen molar-refractivity contribution >= 4 is 0 Å². The number of halogens is 1. The second-order valence-corrected chi connectivity index (χ2v) is 6.46. The molecule has 0 saturated carbocycles. The van der Waals surface area contributed by atoms with Gasteiger partial charge in [0.2, 0.25) is 0 Å². The normalized spacial score (nSPS) is 17.0. The van der Waals surface area contributed by atoms with E-state index in [1.807, 2.05) is 12.1 Å².